The molecule has 10 nitrogen and oxygen atoms in total. The Bertz CT molecular complexity index is 1150. The highest BCUT2D eigenvalue weighted by Crippen LogP contribution is 2.25. The van der Waals surface area contributed by atoms with Crippen LogP contribution < -0.4 is 21.8 Å². The molecule has 10 heteroatoms. The van der Waals surface area contributed by atoms with E-state index in [1.807, 2.05) is 24.3 Å². The van der Waals surface area contributed by atoms with Crippen LogP contribution in [0, 0.1) is 0 Å². The number of carboxylic acids is 1. The number of carbonyl (C=O) groups excluding carboxylic acids is 2. The molecule has 32 heavy (non-hydrogen) atoms. The normalized spacial score (nSPS) is 11.8. The van der Waals surface area contributed by atoms with Crippen LogP contribution in [-0.4, -0.2) is 46.8 Å². The Balaban J connectivity index is 1.66. The zero-order valence-electron chi connectivity index (χ0n) is 17.0. The molecule has 0 aliphatic heterocycles. The number of carbonyl (C=O) groups is 3. The van der Waals surface area contributed by atoms with Crippen molar-refractivity contribution < 1.29 is 19.5 Å². The monoisotopic (exact) mass is 434 g/mol. The molecule has 0 bridgehead atoms. The maximum atomic E-state index is 12.6. The Morgan fingerprint density at radius 3 is 2.69 bits per heavy atom. The molecule has 0 spiro atoms. The number of benzene rings is 2. The van der Waals surface area contributed by atoms with Crippen molar-refractivity contribution in [2.75, 3.05) is 11.9 Å². The van der Waals surface area contributed by atoms with Crippen molar-refractivity contribution in [1.29, 1.82) is 0 Å². The standard InChI is InChI=1S/C22H22N6O4/c23-27-13-26-18-10-16(9-15-5-1-2-6-17(15)18)21(30)25-12-20(29)28-19(22(31)32)8-14-4-3-7-24-11-14/h1-7,9-11,13,19H,8,12,23H2,(H,25,30)(H,26,27)(H,28,29)(H,31,32). The molecule has 0 saturated heterocycles. The van der Waals surface area contributed by atoms with E-state index in [4.69, 9.17) is 5.84 Å². The lowest BCUT2D eigenvalue weighted by Gasteiger charge is -2.15. The van der Waals surface area contributed by atoms with E-state index >= 15 is 0 Å². The van der Waals surface area contributed by atoms with Crippen molar-refractivity contribution in [2.24, 2.45) is 10.9 Å². The minimum atomic E-state index is -1.18. The molecule has 1 unspecified atom stereocenters. The molecular weight excluding hydrogens is 412 g/mol. The van der Waals surface area contributed by atoms with Gasteiger partial charge in [0.05, 0.1) is 6.54 Å². The van der Waals surface area contributed by atoms with Gasteiger partial charge in [0.2, 0.25) is 5.91 Å². The van der Waals surface area contributed by atoms with Crippen LogP contribution in [0.4, 0.5) is 5.69 Å². The first kappa shape index (κ1) is 22.2. The summed E-state index contributed by atoms with van der Waals surface area (Å²) in [6, 6.07) is 13.0. The van der Waals surface area contributed by atoms with Gasteiger partial charge in [0.1, 0.15) is 12.4 Å². The summed E-state index contributed by atoms with van der Waals surface area (Å²) in [7, 11) is 0. The molecule has 0 radical (unpaired) electrons. The summed E-state index contributed by atoms with van der Waals surface area (Å²) in [6.07, 6.45) is 4.48. The Morgan fingerprint density at radius 2 is 1.97 bits per heavy atom. The number of hydrogen-bond donors (Lipinski definition) is 5. The molecule has 6 N–H and O–H groups in total. The zero-order chi connectivity index (χ0) is 22.9. The van der Waals surface area contributed by atoms with E-state index in [1.165, 1.54) is 12.5 Å². The van der Waals surface area contributed by atoms with Gasteiger partial charge in [-0.3, -0.25) is 14.6 Å². The molecule has 2 amide bonds. The quantitative estimate of drug-likeness (QED) is 0.146. The summed E-state index contributed by atoms with van der Waals surface area (Å²) >= 11 is 0. The third kappa shape index (κ3) is 5.79. The maximum absolute atomic E-state index is 12.6. The fourth-order valence-corrected chi connectivity index (χ4v) is 3.13. The number of amides is 2. The molecule has 0 aliphatic rings. The van der Waals surface area contributed by atoms with Crippen LogP contribution in [0.5, 0.6) is 0 Å². The van der Waals surface area contributed by atoms with Gasteiger partial charge in [-0.1, -0.05) is 30.3 Å². The predicted molar refractivity (Wildman–Crippen MR) is 120 cm³/mol. The van der Waals surface area contributed by atoms with Gasteiger partial charge < -0.3 is 26.9 Å². The van der Waals surface area contributed by atoms with E-state index in [1.54, 1.807) is 30.5 Å². The summed E-state index contributed by atoms with van der Waals surface area (Å²) in [5.41, 5.74) is 1.60. The highest BCUT2D eigenvalue weighted by molar-refractivity contribution is 6.06. The van der Waals surface area contributed by atoms with Gasteiger partial charge in [-0.25, -0.2) is 4.79 Å². The molecule has 3 rings (SSSR count). The molecule has 0 saturated carbocycles. The highest BCUT2D eigenvalue weighted by atomic mass is 16.4. The molecule has 0 fully saturated rings. The van der Waals surface area contributed by atoms with Crippen molar-refractivity contribution in [2.45, 2.75) is 12.5 Å². The zero-order valence-corrected chi connectivity index (χ0v) is 17.0. The van der Waals surface area contributed by atoms with Crippen molar-refractivity contribution in [3.63, 3.8) is 0 Å². The Kier molecular flexibility index (Phi) is 7.31. The maximum Gasteiger partial charge on any atom is 0.326 e. The average molecular weight is 434 g/mol. The Hall–Kier alpha value is -4.47. The molecular formula is C22H22N6O4. The van der Waals surface area contributed by atoms with Crippen LogP contribution in [0.2, 0.25) is 0 Å². The molecule has 0 aliphatic carbocycles. The number of rotatable bonds is 9. The second-order valence-corrected chi connectivity index (χ2v) is 6.87. The average Bonchev–Trinajstić information content (AvgIpc) is 2.81. The van der Waals surface area contributed by atoms with Gasteiger partial charge in [-0.05, 0) is 29.1 Å². The summed E-state index contributed by atoms with van der Waals surface area (Å²) in [6.45, 7) is -0.379. The largest absolute Gasteiger partial charge is 0.480 e. The minimum absolute atomic E-state index is 0.0747. The third-order valence-electron chi connectivity index (χ3n) is 4.62. The number of aromatic nitrogens is 1. The summed E-state index contributed by atoms with van der Waals surface area (Å²) in [4.78, 5) is 40.3. The van der Waals surface area contributed by atoms with E-state index in [-0.39, 0.29) is 13.0 Å². The van der Waals surface area contributed by atoms with Crippen molar-refractivity contribution in [1.82, 2.24) is 15.6 Å². The summed E-state index contributed by atoms with van der Waals surface area (Å²) < 4.78 is 0. The molecule has 2 aromatic carbocycles. The van der Waals surface area contributed by atoms with Gasteiger partial charge in [0.25, 0.3) is 5.91 Å². The number of hydrogen-bond acceptors (Lipinski definition) is 6. The number of nitrogens with zero attached hydrogens (tertiary/aromatic N) is 2. The number of anilines is 1. The van der Waals surface area contributed by atoms with Crippen molar-refractivity contribution in [3.8, 4) is 0 Å². The lowest BCUT2D eigenvalue weighted by Crippen LogP contribution is -2.46. The number of nitrogens with two attached hydrogens (primary N) is 1. The van der Waals surface area contributed by atoms with E-state index in [0.29, 0.717) is 16.8 Å². The third-order valence-corrected chi connectivity index (χ3v) is 4.62. The fraction of sp³-hybridized carbons (Fsp3) is 0.136. The van der Waals surface area contributed by atoms with Crippen LogP contribution in [0.25, 0.3) is 10.8 Å². The molecule has 1 atom stereocenters. The first-order valence-corrected chi connectivity index (χ1v) is 9.68. The van der Waals surface area contributed by atoms with Crippen molar-refractivity contribution in [3.05, 3.63) is 72.1 Å². The van der Waals surface area contributed by atoms with E-state index in [0.717, 1.165) is 10.8 Å². The van der Waals surface area contributed by atoms with Crippen LogP contribution in [-0.2, 0) is 16.0 Å². The SMILES string of the molecule is NN=CNc1cc(C(=O)NCC(=O)NC(Cc2cccnc2)C(=O)O)cc2ccccc12. The van der Waals surface area contributed by atoms with E-state index in [9.17, 15) is 19.5 Å². The van der Waals surface area contributed by atoms with Crippen molar-refractivity contribution >= 4 is 40.6 Å². The molecule has 3 aromatic rings. The number of fused-ring (bicyclic) bond motifs is 1. The second kappa shape index (κ2) is 10.5. The first-order valence-electron chi connectivity index (χ1n) is 9.68. The highest BCUT2D eigenvalue weighted by Gasteiger charge is 2.21. The second-order valence-electron chi connectivity index (χ2n) is 6.87. The van der Waals surface area contributed by atoms with Gasteiger partial charge in [-0.15, -0.1) is 0 Å². The fourth-order valence-electron chi connectivity index (χ4n) is 3.13. The predicted octanol–water partition coefficient (Wildman–Crippen LogP) is 1.09. The van der Waals surface area contributed by atoms with Crippen LogP contribution in [0.3, 0.4) is 0 Å². The van der Waals surface area contributed by atoms with Gasteiger partial charge in [0, 0.05) is 35.5 Å². The van der Waals surface area contributed by atoms with Crippen LogP contribution in [0.1, 0.15) is 15.9 Å². The smallest absolute Gasteiger partial charge is 0.326 e. The summed E-state index contributed by atoms with van der Waals surface area (Å²) in [5.74, 6) is 2.86. The summed E-state index contributed by atoms with van der Waals surface area (Å²) in [5, 5.41) is 22.3. The number of hydrazone groups is 1. The van der Waals surface area contributed by atoms with E-state index < -0.39 is 23.8 Å². The van der Waals surface area contributed by atoms with Gasteiger partial charge in [0.15, 0.2) is 0 Å². The van der Waals surface area contributed by atoms with E-state index in [2.05, 4.69) is 26.0 Å². The molecule has 1 heterocycles. The number of carboxylic acid groups (broad SMARTS) is 1. The van der Waals surface area contributed by atoms with Crippen LogP contribution in [0.15, 0.2) is 66.0 Å². The number of nitrogens with one attached hydrogen (secondary N) is 3. The van der Waals surface area contributed by atoms with Crippen LogP contribution >= 0.6 is 0 Å². The van der Waals surface area contributed by atoms with Gasteiger partial charge in [-0.2, -0.15) is 5.10 Å². The molecule has 1 aromatic heterocycles. The lowest BCUT2D eigenvalue weighted by molar-refractivity contribution is -0.141. The number of aliphatic carboxylic acids is 1. The Morgan fingerprint density at radius 1 is 1.16 bits per heavy atom. The number of pyridine rings is 1. The lowest BCUT2D eigenvalue weighted by atomic mass is 10.0. The minimum Gasteiger partial charge on any atom is -0.480 e. The topological polar surface area (TPSA) is 159 Å². The first-order chi connectivity index (χ1) is 15.5. The molecule has 164 valence electrons. The van der Waals surface area contributed by atoms with Gasteiger partial charge >= 0.3 is 5.97 Å². The Labute approximate surface area is 183 Å².